The molecular formula is C8H12N4S. The molecule has 0 fully saturated rings. The van der Waals surface area contributed by atoms with Gasteiger partial charge in [-0.2, -0.15) is 0 Å². The summed E-state index contributed by atoms with van der Waals surface area (Å²) in [6, 6.07) is 1.77. The van der Waals surface area contributed by atoms with Crippen molar-refractivity contribution in [1.82, 2.24) is 9.97 Å². The van der Waals surface area contributed by atoms with E-state index in [9.17, 15) is 0 Å². The number of hydrogen-bond acceptors (Lipinski definition) is 4. The van der Waals surface area contributed by atoms with Crippen LogP contribution < -0.4 is 11.1 Å². The van der Waals surface area contributed by atoms with E-state index in [0.717, 1.165) is 12.2 Å². The predicted octanol–water partition coefficient (Wildman–Crippen LogP) is 0.851. The Morgan fingerprint density at radius 3 is 2.85 bits per heavy atom. The van der Waals surface area contributed by atoms with Crippen LogP contribution in [0.5, 0.6) is 0 Å². The van der Waals surface area contributed by atoms with Crippen molar-refractivity contribution in [2.24, 2.45) is 5.73 Å². The average molecular weight is 196 g/mol. The average Bonchev–Trinajstić information content (AvgIpc) is 2.03. The second-order valence-corrected chi connectivity index (χ2v) is 3.05. The highest BCUT2D eigenvalue weighted by Crippen LogP contribution is 2.04. The molecule has 4 nitrogen and oxygen atoms in total. The Morgan fingerprint density at radius 2 is 2.31 bits per heavy atom. The smallest absolute Gasteiger partial charge is 0.223 e. The summed E-state index contributed by atoms with van der Waals surface area (Å²) in [6.45, 7) is 4.64. The fraction of sp³-hybridized carbons (Fsp3) is 0.375. The molecule has 13 heavy (non-hydrogen) atoms. The maximum absolute atomic E-state index is 5.46. The van der Waals surface area contributed by atoms with E-state index in [1.165, 1.54) is 0 Å². The van der Waals surface area contributed by atoms with E-state index < -0.39 is 0 Å². The molecule has 0 spiro atoms. The molecule has 0 saturated carbocycles. The molecule has 0 aliphatic rings. The molecule has 0 bridgehead atoms. The maximum atomic E-state index is 5.46. The van der Waals surface area contributed by atoms with Crippen LogP contribution in [0.15, 0.2) is 6.07 Å². The van der Waals surface area contributed by atoms with Gasteiger partial charge in [-0.25, -0.2) is 9.97 Å². The van der Waals surface area contributed by atoms with E-state index in [-0.39, 0.29) is 0 Å². The van der Waals surface area contributed by atoms with Crippen molar-refractivity contribution in [2.75, 3.05) is 11.9 Å². The van der Waals surface area contributed by atoms with E-state index in [0.29, 0.717) is 16.6 Å². The minimum Gasteiger partial charge on any atom is -0.388 e. The van der Waals surface area contributed by atoms with Crippen LogP contribution >= 0.6 is 12.2 Å². The Morgan fingerprint density at radius 1 is 1.62 bits per heavy atom. The van der Waals surface area contributed by atoms with Gasteiger partial charge in [-0.15, -0.1) is 0 Å². The minimum atomic E-state index is 0.296. The molecule has 0 aromatic carbocycles. The first-order valence-electron chi connectivity index (χ1n) is 4.03. The zero-order valence-electron chi connectivity index (χ0n) is 7.66. The first kappa shape index (κ1) is 9.85. The molecule has 0 amide bonds. The number of thiocarbonyl (C=S) groups is 1. The number of nitrogens with two attached hydrogens (primary N) is 1. The van der Waals surface area contributed by atoms with Crippen LogP contribution in [0.1, 0.15) is 18.3 Å². The molecule has 1 rings (SSSR count). The normalized spacial score (nSPS) is 9.69. The van der Waals surface area contributed by atoms with Gasteiger partial charge in [0, 0.05) is 12.2 Å². The van der Waals surface area contributed by atoms with Gasteiger partial charge >= 0.3 is 0 Å². The third kappa shape index (κ3) is 2.62. The van der Waals surface area contributed by atoms with E-state index in [1.807, 2.05) is 13.8 Å². The van der Waals surface area contributed by atoms with Crippen LogP contribution in [-0.2, 0) is 0 Å². The van der Waals surface area contributed by atoms with Crippen LogP contribution in [0.2, 0.25) is 0 Å². The fourth-order valence-electron chi connectivity index (χ4n) is 0.932. The third-order valence-electron chi connectivity index (χ3n) is 1.44. The standard InChI is InChI=1S/C8H12N4S/c1-3-10-8-11-5(2)4-6(12-8)7(9)13/h4H,3H2,1-2H3,(H2,9,13)(H,10,11,12). The van der Waals surface area contributed by atoms with Crippen LogP contribution in [0.4, 0.5) is 5.95 Å². The van der Waals surface area contributed by atoms with E-state index in [1.54, 1.807) is 6.07 Å². The number of hydrogen-bond donors (Lipinski definition) is 2. The van der Waals surface area contributed by atoms with Gasteiger partial charge in [-0.05, 0) is 19.9 Å². The summed E-state index contributed by atoms with van der Waals surface area (Å²) in [5.74, 6) is 0.574. The van der Waals surface area contributed by atoms with Gasteiger partial charge in [0.1, 0.15) is 10.7 Å². The Kier molecular flexibility index (Phi) is 3.13. The molecule has 0 saturated heterocycles. The van der Waals surface area contributed by atoms with Gasteiger partial charge in [0.2, 0.25) is 5.95 Å². The van der Waals surface area contributed by atoms with Gasteiger partial charge in [0.25, 0.3) is 0 Å². The lowest BCUT2D eigenvalue weighted by Crippen LogP contribution is -2.14. The highest BCUT2D eigenvalue weighted by molar-refractivity contribution is 7.80. The molecule has 5 heteroatoms. The molecule has 1 heterocycles. The highest BCUT2D eigenvalue weighted by Gasteiger charge is 2.02. The molecule has 0 radical (unpaired) electrons. The van der Waals surface area contributed by atoms with Crippen LogP contribution in [0.3, 0.4) is 0 Å². The fourth-order valence-corrected chi connectivity index (χ4v) is 1.04. The largest absolute Gasteiger partial charge is 0.388 e. The zero-order valence-corrected chi connectivity index (χ0v) is 8.48. The van der Waals surface area contributed by atoms with Crippen molar-refractivity contribution in [3.8, 4) is 0 Å². The lowest BCUT2D eigenvalue weighted by atomic mass is 10.3. The topological polar surface area (TPSA) is 63.8 Å². The Hall–Kier alpha value is -1.23. The van der Waals surface area contributed by atoms with Crippen LogP contribution in [0.25, 0.3) is 0 Å². The molecule has 0 atom stereocenters. The van der Waals surface area contributed by atoms with E-state index >= 15 is 0 Å². The van der Waals surface area contributed by atoms with Crippen molar-refractivity contribution >= 4 is 23.2 Å². The summed E-state index contributed by atoms with van der Waals surface area (Å²) in [5, 5.41) is 3.01. The number of nitrogens with one attached hydrogen (secondary N) is 1. The molecule has 0 unspecified atom stereocenters. The first-order chi connectivity index (χ1) is 6.13. The molecule has 0 aliphatic carbocycles. The molecule has 1 aromatic heterocycles. The van der Waals surface area contributed by atoms with Crippen molar-refractivity contribution in [1.29, 1.82) is 0 Å². The lowest BCUT2D eigenvalue weighted by Gasteiger charge is -2.04. The molecule has 3 N–H and O–H groups in total. The maximum Gasteiger partial charge on any atom is 0.223 e. The van der Waals surface area contributed by atoms with E-state index in [2.05, 4.69) is 15.3 Å². The number of aryl methyl sites for hydroxylation is 1. The summed E-state index contributed by atoms with van der Waals surface area (Å²) in [5.41, 5.74) is 6.93. The summed E-state index contributed by atoms with van der Waals surface area (Å²) in [4.78, 5) is 8.60. The SMILES string of the molecule is CCNc1nc(C)cc(C(N)=S)n1. The molecule has 70 valence electrons. The van der Waals surface area contributed by atoms with Gasteiger partial charge in [0.05, 0.1) is 0 Å². The number of nitrogens with zero attached hydrogens (tertiary/aromatic N) is 2. The second-order valence-electron chi connectivity index (χ2n) is 2.61. The lowest BCUT2D eigenvalue weighted by molar-refractivity contribution is 1.04. The number of rotatable bonds is 3. The minimum absolute atomic E-state index is 0.296. The highest BCUT2D eigenvalue weighted by atomic mass is 32.1. The number of aromatic nitrogens is 2. The van der Waals surface area contributed by atoms with Crippen LogP contribution in [-0.4, -0.2) is 21.5 Å². The summed E-state index contributed by atoms with van der Waals surface area (Å²) < 4.78 is 0. The van der Waals surface area contributed by atoms with E-state index in [4.69, 9.17) is 18.0 Å². The monoisotopic (exact) mass is 196 g/mol. The Labute approximate surface area is 82.6 Å². The third-order valence-corrected chi connectivity index (χ3v) is 1.65. The molecule has 0 aliphatic heterocycles. The quantitative estimate of drug-likeness (QED) is 0.702. The summed E-state index contributed by atoms with van der Waals surface area (Å²) >= 11 is 4.83. The van der Waals surface area contributed by atoms with Gasteiger partial charge < -0.3 is 11.1 Å². The first-order valence-corrected chi connectivity index (χ1v) is 4.43. The number of anilines is 1. The zero-order chi connectivity index (χ0) is 9.84. The predicted molar refractivity (Wildman–Crippen MR) is 56.8 cm³/mol. The van der Waals surface area contributed by atoms with Crippen molar-refractivity contribution < 1.29 is 0 Å². The molecule has 1 aromatic rings. The van der Waals surface area contributed by atoms with Crippen molar-refractivity contribution in [3.63, 3.8) is 0 Å². The van der Waals surface area contributed by atoms with Crippen LogP contribution in [0, 0.1) is 6.92 Å². The van der Waals surface area contributed by atoms with Crippen molar-refractivity contribution in [3.05, 3.63) is 17.5 Å². The van der Waals surface area contributed by atoms with Gasteiger partial charge in [-0.3, -0.25) is 0 Å². The van der Waals surface area contributed by atoms with Gasteiger partial charge in [-0.1, -0.05) is 12.2 Å². The summed E-state index contributed by atoms with van der Waals surface area (Å²) in [6.07, 6.45) is 0. The molecular weight excluding hydrogens is 184 g/mol. The van der Waals surface area contributed by atoms with Gasteiger partial charge in [0.15, 0.2) is 0 Å². The Balaban J connectivity index is 3.03. The second kappa shape index (κ2) is 4.13. The summed E-state index contributed by atoms with van der Waals surface area (Å²) in [7, 11) is 0. The Bertz CT molecular complexity index is 324. The van der Waals surface area contributed by atoms with Crippen molar-refractivity contribution in [2.45, 2.75) is 13.8 Å².